The van der Waals surface area contributed by atoms with Crippen molar-refractivity contribution in [3.8, 4) is 0 Å². The lowest BCUT2D eigenvalue weighted by Crippen LogP contribution is -2.49. The van der Waals surface area contributed by atoms with E-state index in [9.17, 15) is 22.8 Å². The van der Waals surface area contributed by atoms with Crippen LogP contribution in [0, 0.1) is 0 Å². The number of carbonyl (C=O) groups excluding carboxylic acids is 2. The van der Waals surface area contributed by atoms with Crippen LogP contribution in [0.3, 0.4) is 0 Å². The van der Waals surface area contributed by atoms with Crippen molar-refractivity contribution in [2.75, 3.05) is 26.2 Å². The van der Waals surface area contributed by atoms with Crippen LogP contribution in [0.25, 0.3) is 0 Å². The minimum absolute atomic E-state index is 0. The number of hydrogen-bond donors (Lipinski definition) is 2. The molecule has 1 saturated heterocycles. The monoisotopic (exact) mass is 441 g/mol. The first-order valence-corrected chi connectivity index (χ1v) is 9.60. The number of carbonyl (C=O) groups is 2. The summed E-state index contributed by atoms with van der Waals surface area (Å²) < 4.78 is 44.1. The molecule has 1 aromatic rings. The average molecular weight is 442 g/mol. The SMILES string of the molecule is CC(NC(=O)c1cc2c(s1)CCOC21CCN(C(=O)CN)CC1)C(F)(F)F.Cl. The molecule has 2 aliphatic heterocycles. The Bertz CT molecular complexity index is 733. The molecule has 0 bridgehead atoms. The summed E-state index contributed by atoms with van der Waals surface area (Å²) in [6.45, 7) is 2.35. The molecular weight excluding hydrogens is 419 g/mol. The van der Waals surface area contributed by atoms with Gasteiger partial charge in [0.25, 0.3) is 5.91 Å². The maximum atomic E-state index is 12.7. The maximum Gasteiger partial charge on any atom is 0.408 e. The van der Waals surface area contributed by atoms with Crippen LogP contribution < -0.4 is 11.1 Å². The summed E-state index contributed by atoms with van der Waals surface area (Å²) in [5.74, 6) is -0.850. The second-order valence-electron chi connectivity index (χ2n) is 6.86. The first-order chi connectivity index (χ1) is 12.7. The second kappa shape index (κ2) is 8.56. The molecule has 158 valence electrons. The molecule has 3 N–H and O–H groups in total. The Hall–Kier alpha value is -1.36. The van der Waals surface area contributed by atoms with Crippen LogP contribution in [-0.2, 0) is 21.6 Å². The molecule has 1 unspecified atom stereocenters. The number of nitrogens with zero attached hydrogens (tertiary/aromatic N) is 1. The number of fused-ring (bicyclic) bond motifs is 2. The van der Waals surface area contributed by atoms with Gasteiger partial charge in [-0.05, 0) is 31.4 Å². The van der Waals surface area contributed by atoms with Gasteiger partial charge < -0.3 is 20.7 Å². The van der Waals surface area contributed by atoms with Gasteiger partial charge in [0, 0.05) is 24.4 Å². The van der Waals surface area contributed by atoms with Gasteiger partial charge in [0.1, 0.15) is 6.04 Å². The molecule has 3 rings (SSSR count). The van der Waals surface area contributed by atoms with Crippen LogP contribution in [0.1, 0.15) is 39.9 Å². The van der Waals surface area contributed by atoms with Gasteiger partial charge in [0.2, 0.25) is 5.91 Å². The number of likely N-dealkylation sites (tertiary alicyclic amines) is 1. The van der Waals surface area contributed by atoms with E-state index in [2.05, 4.69) is 0 Å². The highest BCUT2D eigenvalue weighted by Gasteiger charge is 2.43. The van der Waals surface area contributed by atoms with Crippen molar-refractivity contribution < 1.29 is 27.5 Å². The van der Waals surface area contributed by atoms with Gasteiger partial charge in [0.15, 0.2) is 0 Å². The zero-order valence-corrected chi connectivity index (χ0v) is 16.9. The second-order valence-corrected chi connectivity index (χ2v) is 8.00. The number of piperidine rings is 1. The van der Waals surface area contributed by atoms with E-state index in [0.717, 1.165) is 17.4 Å². The highest BCUT2D eigenvalue weighted by Crippen LogP contribution is 2.44. The van der Waals surface area contributed by atoms with E-state index in [0.29, 0.717) is 39.0 Å². The van der Waals surface area contributed by atoms with Crippen molar-refractivity contribution in [2.45, 2.75) is 44.0 Å². The van der Waals surface area contributed by atoms with Crippen LogP contribution >= 0.6 is 23.7 Å². The lowest BCUT2D eigenvalue weighted by atomic mass is 9.82. The minimum atomic E-state index is -4.49. The first kappa shape index (κ1) is 22.9. The number of nitrogens with one attached hydrogen (secondary N) is 1. The van der Waals surface area contributed by atoms with Gasteiger partial charge in [-0.15, -0.1) is 23.7 Å². The summed E-state index contributed by atoms with van der Waals surface area (Å²) in [4.78, 5) is 26.9. The predicted octanol–water partition coefficient (Wildman–Crippen LogP) is 2.20. The van der Waals surface area contributed by atoms with Crippen molar-refractivity contribution in [1.29, 1.82) is 0 Å². The molecule has 1 spiro atoms. The number of alkyl halides is 3. The van der Waals surface area contributed by atoms with Crippen molar-refractivity contribution in [3.05, 3.63) is 21.4 Å². The Morgan fingerprint density at radius 1 is 1.39 bits per heavy atom. The van der Waals surface area contributed by atoms with Crippen molar-refractivity contribution in [3.63, 3.8) is 0 Å². The van der Waals surface area contributed by atoms with Crippen molar-refractivity contribution in [2.24, 2.45) is 5.73 Å². The number of amides is 2. The zero-order chi connectivity index (χ0) is 19.8. The van der Waals surface area contributed by atoms with Crippen LogP contribution in [0.15, 0.2) is 6.07 Å². The van der Waals surface area contributed by atoms with Gasteiger partial charge in [-0.1, -0.05) is 0 Å². The molecule has 0 aliphatic carbocycles. The Kier molecular flexibility index (Phi) is 7.01. The molecule has 1 atom stereocenters. The third kappa shape index (κ3) is 4.45. The quantitative estimate of drug-likeness (QED) is 0.753. The molecule has 28 heavy (non-hydrogen) atoms. The van der Waals surface area contributed by atoms with E-state index >= 15 is 0 Å². The largest absolute Gasteiger partial charge is 0.408 e. The summed E-state index contributed by atoms with van der Waals surface area (Å²) >= 11 is 1.22. The van der Waals surface area contributed by atoms with Crippen LogP contribution in [0.2, 0.25) is 0 Å². The fourth-order valence-corrected chi connectivity index (χ4v) is 4.67. The predicted molar refractivity (Wildman–Crippen MR) is 101 cm³/mol. The van der Waals surface area contributed by atoms with Gasteiger partial charge in [-0.3, -0.25) is 9.59 Å². The molecular formula is C17H23ClF3N3O3S. The molecule has 11 heteroatoms. The van der Waals surface area contributed by atoms with Crippen molar-refractivity contribution >= 4 is 35.6 Å². The van der Waals surface area contributed by atoms with E-state index in [4.69, 9.17) is 10.5 Å². The van der Waals surface area contributed by atoms with E-state index in [1.807, 2.05) is 5.32 Å². The van der Waals surface area contributed by atoms with E-state index in [1.165, 1.54) is 11.3 Å². The number of rotatable bonds is 3. The van der Waals surface area contributed by atoms with Gasteiger partial charge in [0.05, 0.1) is 23.6 Å². The van der Waals surface area contributed by atoms with Crippen LogP contribution in [0.4, 0.5) is 13.2 Å². The minimum Gasteiger partial charge on any atom is -0.370 e. The highest BCUT2D eigenvalue weighted by atomic mass is 35.5. The fourth-order valence-electron chi connectivity index (χ4n) is 3.54. The van der Waals surface area contributed by atoms with Crippen LogP contribution in [0.5, 0.6) is 0 Å². The highest BCUT2D eigenvalue weighted by molar-refractivity contribution is 7.14. The fraction of sp³-hybridized carbons (Fsp3) is 0.647. The molecule has 0 radical (unpaired) electrons. The Labute approximate surface area is 171 Å². The van der Waals surface area contributed by atoms with Crippen molar-refractivity contribution in [1.82, 2.24) is 10.2 Å². The molecule has 1 aromatic heterocycles. The summed E-state index contributed by atoms with van der Waals surface area (Å²) in [6, 6.07) is -0.266. The number of thiophene rings is 1. The Balaban J connectivity index is 0.00000280. The Morgan fingerprint density at radius 2 is 2.04 bits per heavy atom. The third-order valence-electron chi connectivity index (χ3n) is 5.17. The topological polar surface area (TPSA) is 84.7 Å². The van der Waals surface area contributed by atoms with E-state index in [1.54, 1.807) is 11.0 Å². The average Bonchev–Trinajstić information content (AvgIpc) is 3.07. The molecule has 0 aromatic carbocycles. The van der Waals surface area contributed by atoms with Crippen LogP contribution in [-0.4, -0.2) is 55.2 Å². The summed E-state index contributed by atoms with van der Waals surface area (Å²) in [7, 11) is 0. The van der Waals surface area contributed by atoms with E-state index < -0.39 is 23.7 Å². The third-order valence-corrected chi connectivity index (χ3v) is 6.36. The normalized spacial score (nSPS) is 19.5. The molecule has 1 fully saturated rings. The number of nitrogens with two attached hydrogens (primary N) is 1. The molecule has 6 nitrogen and oxygen atoms in total. The number of hydrogen-bond acceptors (Lipinski definition) is 5. The van der Waals surface area contributed by atoms with Gasteiger partial charge >= 0.3 is 6.18 Å². The number of ether oxygens (including phenoxy) is 1. The standard InChI is InChI=1S/C17H22F3N3O3S.ClH/c1-10(17(18,19)20)22-15(25)13-8-11-12(27-13)2-7-26-16(11)3-5-23(6-4-16)14(24)9-21;/h8,10H,2-7,9,21H2,1H3,(H,22,25);1H. The lowest BCUT2D eigenvalue weighted by Gasteiger charge is -2.44. The molecule has 3 heterocycles. The first-order valence-electron chi connectivity index (χ1n) is 8.79. The number of halogens is 4. The van der Waals surface area contributed by atoms with Gasteiger partial charge in [-0.25, -0.2) is 0 Å². The Morgan fingerprint density at radius 3 is 2.61 bits per heavy atom. The zero-order valence-electron chi connectivity index (χ0n) is 15.3. The summed E-state index contributed by atoms with van der Waals surface area (Å²) in [5, 5.41) is 2.01. The molecule has 2 amide bonds. The maximum absolute atomic E-state index is 12.7. The van der Waals surface area contributed by atoms with Gasteiger partial charge in [-0.2, -0.15) is 13.2 Å². The summed E-state index contributed by atoms with van der Waals surface area (Å²) in [5.41, 5.74) is 5.68. The molecule has 2 aliphatic rings. The smallest absolute Gasteiger partial charge is 0.370 e. The molecule has 0 saturated carbocycles. The lowest BCUT2D eigenvalue weighted by molar-refractivity contribution is -0.149. The summed E-state index contributed by atoms with van der Waals surface area (Å²) in [6.07, 6.45) is -2.72. The van der Waals surface area contributed by atoms with E-state index in [-0.39, 0.29) is 29.7 Å².